The van der Waals surface area contributed by atoms with E-state index < -0.39 is 29.2 Å². The van der Waals surface area contributed by atoms with Crippen molar-refractivity contribution in [1.29, 1.82) is 0 Å². The molecular weight excluding hydrogens is 385 g/mol. The Labute approximate surface area is 166 Å². The van der Waals surface area contributed by atoms with E-state index >= 15 is 0 Å². The number of non-ortho nitro benzene ring substituents is 1. The molecule has 0 unspecified atom stereocenters. The minimum Gasteiger partial charge on any atom is -0.494 e. The fourth-order valence-electron chi connectivity index (χ4n) is 2.34. The number of nitrogens with zero attached hydrogens (tertiary/aromatic N) is 1. The quantitative estimate of drug-likeness (QED) is 0.269. The van der Waals surface area contributed by atoms with E-state index in [0.717, 1.165) is 0 Å². The predicted molar refractivity (Wildman–Crippen MR) is 102 cm³/mol. The molecule has 2 N–H and O–H groups in total. The molecule has 0 radical (unpaired) electrons. The molecule has 0 saturated heterocycles. The molecular formula is C19H20FN3O6. The highest BCUT2D eigenvalue weighted by Gasteiger charge is 2.11. The standard InChI is InChI=1S/C19H20FN3O6/c1-28-17-7-2-13(10-16(17)20)11-19(25)29-12-18(24)22-9-8-21-14-3-5-15(6-4-14)23(26)27/h2-7,10,21H,8-9,11-12H2,1H3,(H,22,24). The van der Waals surface area contributed by atoms with Crippen LogP contribution in [0.25, 0.3) is 0 Å². The van der Waals surface area contributed by atoms with E-state index in [4.69, 9.17) is 9.47 Å². The molecule has 2 aromatic rings. The van der Waals surface area contributed by atoms with Crippen molar-refractivity contribution in [3.8, 4) is 5.75 Å². The van der Waals surface area contributed by atoms with Gasteiger partial charge >= 0.3 is 5.97 Å². The van der Waals surface area contributed by atoms with Crippen molar-refractivity contribution in [1.82, 2.24) is 5.32 Å². The summed E-state index contributed by atoms with van der Waals surface area (Å²) in [6.45, 7) is 0.189. The summed E-state index contributed by atoms with van der Waals surface area (Å²) in [5.41, 5.74) is 1.06. The van der Waals surface area contributed by atoms with Crippen LogP contribution in [0, 0.1) is 15.9 Å². The van der Waals surface area contributed by atoms with Gasteiger partial charge in [-0.15, -0.1) is 0 Å². The van der Waals surface area contributed by atoms with E-state index in [1.54, 1.807) is 12.1 Å². The number of carbonyl (C=O) groups is 2. The number of hydrogen-bond acceptors (Lipinski definition) is 7. The van der Waals surface area contributed by atoms with Crippen LogP contribution in [0.3, 0.4) is 0 Å². The first-order valence-electron chi connectivity index (χ1n) is 8.62. The lowest BCUT2D eigenvalue weighted by Gasteiger charge is -2.09. The molecule has 0 bridgehead atoms. The van der Waals surface area contributed by atoms with Gasteiger partial charge in [0.05, 0.1) is 18.5 Å². The lowest BCUT2D eigenvalue weighted by molar-refractivity contribution is -0.384. The van der Waals surface area contributed by atoms with E-state index in [2.05, 4.69) is 10.6 Å². The number of ether oxygens (including phenoxy) is 2. The van der Waals surface area contributed by atoms with Crippen molar-refractivity contribution >= 4 is 23.3 Å². The SMILES string of the molecule is COc1ccc(CC(=O)OCC(=O)NCCNc2ccc([N+](=O)[O-])cc2)cc1F. The zero-order chi connectivity index (χ0) is 21.2. The molecule has 0 fully saturated rings. The molecule has 0 spiro atoms. The Hall–Kier alpha value is -3.69. The summed E-state index contributed by atoms with van der Waals surface area (Å²) in [6, 6.07) is 9.97. The molecule has 0 aliphatic rings. The van der Waals surface area contributed by atoms with Gasteiger partial charge in [0.25, 0.3) is 11.6 Å². The van der Waals surface area contributed by atoms with Crippen LogP contribution in [0.1, 0.15) is 5.56 Å². The highest BCUT2D eigenvalue weighted by atomic mass is 19.1. The first kappa shape index (κ1) is 21.6. The van der Waals surface area contributed by atoms with Crippen LogP contribution in [-0.4, -0.2) is 43.6 Å². The van der Waals surface area contributed by atoms with E-state index in [1.807, 2.05) is 0 Å². The summed E-state index contributed by atoms with van der Waals surface area (Å²) in [6.07, 6.45) is -0.171. The number of nitro benzene ring substituents is 1. The van der Waals surface area contributed by atoms with Gasteiger partial charge in [-0.2, -0.15) is 0 Å². The van der Waals surface area contributed by atoms with Gasteiger partial charge in [0, 0.05) is 30.9 Å². The number of nitro groups is 1. The zero-order valence-corrected chi connectivity index (χ0v) is 15.6. The molecule has 0 saturated carbocycles. The zero-order valence-electron chi connectivity index (χ0n) is 15.6. The second-order valence-electron chi connectivity index (χ2n) is 5.89. The van der Waals surface area contributed by atoms with E-state index in [9.17, 15) is 24.1 Å². The molecule has 9 nitrogen and oxygen atoms in total. The summed E-state index contributed by atoms with van der Waals surface area (Å²) in [4.78, 5) is 33.5. The molecule has 0 heterocycles. The number of benzene rings is 2. The van der Waals surface area contributed by atoms with Crippen molar-refractivity contribution < 1.29 is 28.4 Å². The normalized spacial score (nSPS) is 10.1. The first-order valence-corrected chi connectivity index (χ1v) is 8.62. The van der Waals surface area contributed by atoms with Gasteiger partial charge in [-0.3, -0.25) is 19.7 Å². The van der Waals surface area contributed by atoms with Crippen molar-refractivity contribution in [3.05, 3.63) is 64.0 Å². The van der Waals surface area contributed by atoms with Gasteiger partial charge in [-0.05, 0) is 29.8 Å². The number of hydrogen-bond donors (Lipinski definition) is 2. The molecule has 2 aromatic carbocycles. The Kier molecular flexibility index (Phi) is 7.89. The number of methoxy groups -OCH3 is 1. The number of esters is 1. The topological polar surface area (TPSA) is 120 Å². The van der Waals surface area contributed by atoms with Crippen LogP contribution in [0.5, 0.6) is 5.75 Å². The third kappa shape index (κ3) is 7.09. The van der Waals surface area contributed by atoms with E-state index in [-0.39, 0.29) is 24.4 Å². The smallest absolute Gasteiger partial charge is 0.310 e. The molecule has 154 valence electrons. The monoisotopic (exact) mass is 405 g/mol. The second kappa shape index (κ2) is 10.6. The van der Waals surface area contributed by atoms with Crippen LogP contribution in [0.15, 0.2) is 42.5 Å². The van der Waals surface area contributed by atoms with Crippen molar-refractivity contribution in [2.75, 3.05) is 32.1 Å². The predicted octanol–water partition coefficient (Wildman–Crippen LogP) is 2.06. The molecule has 0 atom stereocenters. The molecule has 2 rings (SSSR count). The number of halogens is 1. The summed E-state index contributed by atoms with van der Waals surface area (Å²) in [5.74, 6) is -1.65. The molecule has 0 aliphatic carbocycles. The van der Waals surface area contributed by atoms with Gasteiger partial charge in [-0.25, -0.2) is 4.39 Å². The fraction of sp³-hybridized carbons (Fsp3) is 0.263. The average Bonchev–Trinajstić information content (AvgIpc) is 2.70. The minimum atomic E-state index is -0.659. The maximum atomic E-state index is 13.6. The number of amides is 1. The Balaban J connectivity index is 1.64. The van der Waals surface area contributed by atoms with E-state index in [0.29, 0.717) is 17.8 Å². The Morgan fingerprint density at radius 2 is 1.86 bits per heavy atom. The lowest BCUT2D eigenvalue weighted by Crippen LogP contribution is -2.32. The maximum Gasteiger partial charge on any atom is 0.310 e. The van der Waals surface area contributed by atoms with E-state index in [1.165, 1.54) is 37.4 Å². The highest BCUT2D eigenvalue weighted by Crippen LogP contribution is 2.18. The van der Waals surface area contributed by atoms with Crippen molar-refractivity contribution in [3.63, 3.8) is 0 Å². The van der Waals surface area contributed by atoms with Gasteiger partial charge < -0.3 is 20.1 Å². The highest BCUT2D eigenvalue weighted by molar-refractivity contribution is 5.81. The summed E-state index contributed by atoms with van der Waals surface area (Å²) < 4.78 is 23.3. The van der Waals surface area contributed by atoms with Gasteiger partial charge in [0.1, 0.15) is 0 Å². The third-order valence-corrected chi connectivity index (χ3v) is 3.78. The van der Waals surface area contributed by atoms with Crippen LogP contribution < -0.4 is 15.4 Å². The maximum absolute atomic E-state index is 13.6. The molecule has 10 heteroatoms. The van der Waals surface area contributed by atoms with Crippen molar-refractivity contribution in [2.45, 2.75) is 6.42 Å². The Morgan fingerprint density at radius 3 is 2.48 bits per heavy atom. The van der Waals surface area contributed by atoms with Crippen LogP contribution >= 0.6 is 0 Å². The number of anilines is 1. The van der Waals surface area contributed by atoms with Crippen LogP contribution in [0.4, 0.5) is 15.8 Å². The van der Waals surface area contributed by atoms with Gasteiger partial charge in [-0.1, -0.05) is 6.07 Å². The molecule has 0 aliphatic heterocycles. The molecule has 29 heavy (non-hydrogen) atoms. The van der Waals surface area contributed by atoms with Crippen LogP contribution in [-0.2, 0) is 20.7 Å². The third-order valence-electron chi connectivity index (χ3n) is 3.78. The Bertz CT molecular complexity index is 873. The summed E-state index contributed by atoms with van der Waals surface area (Å²) in [7, 11) is 1.34. The molecule has 1 amide bonds. The molecule has 0 aromatic heterocycles. The minimum absolute atomic E-state index is 0.0111. The second-order valence-corrected chi connectivity index (χ2v) is 5.89. The van der Waals surface area contributed by atoms with Gasteiger partial charge in [0.2, 0.25) is 0 Å². The Morgan fingerprint density at radius 1 is 1.14 bits per heavy atom. The number of rotatable bonds is 10. The van der Waals surface area contributed by atoms with Crippen molar-refractivity contribution in [2.24, 2.45) is 0 Å². The fourth-order valence-corrected chi connectivity index (χ4v) is 2.34. The largest absolute Gasteiger partial charge is 0.494 e. The average molecular weight is 405 g/mol. The van der Waals surface area contributed by atoms with Gasteiger partial charge in [0.15, 0.2) is 18.2 Å². The summed E-state index contributed by atoms with van der Waals surface area (Å²) >= 11 is 0. The first-order chi connectivity index (χ1) is 13.9. The summed E-state index contributed by atoms with van der Waals surface area (Å²) in [5, 5.41) is 16.1. The lowest BCUT2D eigenvalue weighted by atomic mass is 10.1. The number of nitrogens with one attached hydrogen (secondary N) is 2. The van der Waals surface area contributed by atoms with Crippen LogP contribution in [0.2, 0.25) is 0 Å². The number of carbonyl (C=O) groups excluding carboxylic acids is 2.